The first-order valence-electron chi connectivity index (χ1n) is 10.4. The van der Waals surface area contributed by atoms with E-state index in [4.69, 9.17) is 22.1 Å². The zero-order chi connectivity index (χ0) is 23.8. The molecule has 1 aliphatic rings. The highest BCUT2D eigenvalue weighted by molar-refractivity contribution is 6.38. The Morgan fingerprint density at radius 3 is 1.97 bits per heavy atom. The predicted octanol–water partition coefficient (Wildman–Crippen LogP) is 5.74. The Balaban J connectivity index is 1.46. The van der Waals surface area contributed by atoms with Crippen LogP contribution in [0, 0.1) is 0 Å². The Hall–Kier alpha value is -4.42. The van der Waals surface area contributed by atoms with Gasteiger partial charge in [-0.2, -0.15) is 0 Å². The van der Waals surface area contributed by atoms with E-state index in [2.05, 4.69) is 5.32 Å². The lowest BCUT2D eigenvalue weighted by molar-refractivity contribution is 0.0979. The van der Waals surface area contributed by atoms with E-state index in [1.54, 1.807) is 48.5 Å². The maximum absolute atomic E-state index is 13.3. The van der Waals surface area contributed by atoms with Crippen LogP contribution >= 0.6 is 11.6 Å². The fourth-order valence-electron chi connectivity index (χ4n) is 3.88. The zero-order valence-electron chi connectivity index (χ0n) is 17.7. The number of rotatable bonds is 4. The summed E-state index contributed by atoms with van der Waals surface area (Å²) in [6.45, 7) is 0. The second kappa shape index (κ2) is 8.50. The Labute approximate surface area is 199 Å². The van der Waals surface area contributed by atoms with Crippen LogP contribution in [0.5, 0.6) is 11.5 Å². The second-order valence-corrected chi connectivity index (χ2v) is 8.07. The summed E-state index contributed by atoms with van der Waals surface area (Å²) in [4.78, 5) is 39.3. The lowest BCUT2D eigenvalue weighted by Gasteiger charge is -2.22. The van der Waals surface area contributed by atoms with Crippen molar-refractivity contribution >= 4 is 40.4 Å². The summed E-state index contributed by atoms with van der Waals surface area (Å²) in [6.07, 6.45) is 0. The molecule has 0 aliphatic heterocycles. The Morgan fingerprint density at radius 1 is 0.765 bits per heavy atom. The number of para-hydroxylation sites is 1. The first-order chi connectivity index (χ1) is 16.4. The van der Waals surface area contributed by atoms with Crippen molar-refractivity contribution in [3.05, 3.63) is 118 Å². The van der Waals surface area contributed by atoms with Gasteiger partial charge < -0.3 is 15.8 Å². The molecule has 0 saturated carbocycles. The van der Waals surface area contributed by atoms with Crippen LogP contribution in [0.25, 0.3) is 0 Å². The molecule has 0 spiro atoms. The van der Waals surface area contributed by atoms with Gasteiger partial charge in [0.25, 0.3) is 5.91 Å². The summed E-state index contributed by atoms with van der Waals surface area (Å²) in [5, 5.41) is 2.78. The molecule has 0 aromatic heterocycles. The summed E-state index contributed by atoms with van der Waals surface area (Å²) in [6, 6.07) is 23.7. The molecule has 5 rings (SSSR count). The molecule has 0 fully saturated rings. The van der Waals surface area contributed by atoms with Gasteiger partial charge in [-0.25, -0.2) is 0 Å². The number of ether oxygens (including phenoxy) is 1. The molecule has 0 radical (unpaired) electrons. The molecule has 0 atom stereocenters. The summed E-state index contributed by atoms with van der Waals surface area (Å²) in [5.41, 5.74) is 7.06. The molecule has 34 heavy (non-hydrogen) atoms. The number of carbonyl (C=O) groups excluding carboxylic acids is 3. The molecular formula is C27H17ClN2O4. The minimum atomic E-state index is -0.478. The van der Waals surface area contributed by atoms with Gasteiger partial charge in [0.1, 0.15) is 11.5 Å². The number of nitrogens with two attached hydrogens (primary N) is 1. The highest BCUT2D eigenvalue weighted by Gasteiger charge is 2.34. The minimum absolute atomic E-state index is 0.00175. The molecule has 0 bridgehead atoms. The summed E-state index contributed by atoms with van der Waals surface area (Å²) < 4.78 is 5.75. The van der Waals surface area contributed by atoms with Crippen LogP contribution in [0.2, 0.25) is 5.02 Å². The van der Waals surface area contributed by atoms with E-state index in [0.29, 0.717) is 17.1 Å². The molecule has 7 heteroatoms. The molecule has 0 saturated heterocycles. The minimum Gasteiger partial charge on any atom is -0.457 e. The number of carbonyl (C=O) groups is 3. The van der Waals surface area contributed by atoms with Crippen LogP contribution in [0.1, 0.15) is 42.2 Å². The Kier molecular flexibility index (Phi) is 5.36. The summed E-state index contributed by atoms with van der Waals surface area (Å²) in [7, 11) is 0. The Morgan fingerprint density at radius 2 is 1.32 bits per heavy atom. The van der Waals surface area contributed by atoms with Crippen LogP contribution in [-0.2, 0) is 0 Å². The third kappa shape index (κ3) is 3.70. The first kappa shape index (κ1) is 21.4. The molecule has 1 aliphatic carbocycles. The average molecular weight is 469 g/mol. The quantitative estimate of drug-likeness (QED) is 0.327. The number of hydrogen-bond donors (Lipinski definition) is 2. The van der Waals surface area contributed by atoms with Crippen molar-refractivity contribution in [1.82, 2.24) is 0 Å². The van der Waals surface area contributed by atoms with Crippen LogP contribution in [0.3, 0.4) is 0 Å². The van der Waals surface area contributed by atoms with Crippen molar-refractivity contribution in [2.45, 2.75) is 0 Å². The van der Waals surface area contributed by atoms with E-state index < -0.39 is 17.5 Å². The third-order valence-electron chi connectivity index (χ3n) is 5.53. The molecule has 0 heterocycles. The van der Waals surface area contributed by atoms with Gasteiger partial charge in [0.2, 0.25) is 0 Å². The van der Waals surface area contributed by atoms with E-state index in [-0.39, 0.29) is 38.7 Å². The van der Waals surface area contributed by atoms with E-state index in [1.807, 2.05) is 30.3 Å². The molecule has 166 valence electrons. The fraction of sp³-hybridized carbons (Fsp3) is 0. The smallest absolute Gasteiger partial charge is 0.255 e. The summed E-state index contributed by atoms with van der Waals surface area (Å²) in [5.74, 6) is -0.0636. The predicted molar refractivity (Wildman–Crippen MR) is 130 cm³/mol. The molecule has 1 amide bonds. The van der Waals surface area contributed by atoms with Crippen molar-refractivity contribution in [3.63, 3.8) is 0 Å². The van der Waals surface area contributed by atoms with Crippen molar-refractivity contribution in [2.24, 2.45) is 0 Å². The number of benzene rings is 4. The number of nitrogen functional groups attached to an aromatic ring is 1. The number of fused-ring (bicyclic) bond motifs is 2. The molecular weight excluding hydrogens is 452 g/mol. The van der Waals surface area contributed by atoms with Gasteiger partial charge in [0, 0.05) is 16.7 Å². The average Bonchev–Trinajstić information content (AvgIpc) is 2.85. The number of nitrogens with one attached hydrogen (secondary N) is 1. The lowest BCUT2D eigenvalue weighted by Crippen LogP contribution is -2.25. The molecule has 0 unspecified atom stereocenters. The lowest BCUT2D eigenvalue weighted by atomic mass is 9.82. The molecule has 6 nitrogen and oxygen atoms in total. The van der Waals surface area contributed by atoms with Gasteiger partial charge in [-0.3, -0.25) is 14.4 Å². The molecule has 3 N–H and O–H groups in total. The van der Waals surface area contributed by atoms with Crippen molar-refractivity contribution in [2.75, 3.05) is 11.1 Å². The number of ketones is 2. The van der Waals surface area contributed by atoms with Crippen molar-refractivity contribution < 1.29 is 19.1 Å². The normalized spacial score (nSPS) is 12.0. The van der Waals surface area contributed by atoms with Gasteiger partial charge >= 0.3 is 0 Å². The number of anilines is 2. The largest absolute Gasteiger partial charge is 0.457 e. The first-order valence-corrected chi connectivity index (χ1v) is 10.8. The SMILES string of the molecule is Nc1c(Cl)cc(NC(=O)c2ccc(Oc3ccccc3)cc2)c2c1C(=O)c1ccccc1C2=O. The maximum atomic E-state index is 13.3. The second-order valence-electron chi connectivity index (χ2n) is 7.67. The third-order valence-corrected chi connectivity index (χ3v) is 5.84. The summed E-state index contributed by atoms with van der Waals surface area (Å²) >= 11 is 6.26. The van der Waals surface area contributed by atoms with Gasteiger partial charge in [0.15, 0.2) is 11.6 Å². The molecule has 4 aromatic rings. The van der Waals surface area contributed by atoms with Gasteiger partial charge in [-0.1, -0.05) is 54.1 Å². The Bertz CT molecular complexity index is 1460. The van der Waals surface area contributed by atoms with Gasteiger partial charge in [-0.15, -0.1) is 0 Å². The van der Waals surface area contributed by atoms with Crippen molar-refractivity contribution in [3.8, 4) is 11.5 Å². The standard InChI is InChI=1S/C27H17ClN2O4/c28-20-14-21(22-23(24(20)29)26(32)19-9-5-4-8-18(19)25(22)31)30-27(33)15-10-12-17(13-11-15)34-16-6-2-1-3-7-16/h1-14H,29H2,(H,30,33). The fourth-order valence-corrected chi connectivity index (χ4v) is 4.08. The topological polar surface area (TPSA) is 98.5 Å². The highest BCUT2D eigenvalue weighted by Crippen LogP contribution is 2.39. The van der Waals surface area contributed by atoms with Crippen LogP contribution in [0.15, 0.2) is 84.9 Å². The maximum Gasteiger partial charge on any atom is 0.255 e. The van der Waals surface area contributed by atoms with Gasteiger partial charge in [-0.05, 0) is 42.5 Å². The molecule has 4 aromatic carbocycles. The van der Waals surface area contributed by atoms with Crippen LogP contribution in [0.4, 0.5) is 11.4 Å². The monoisotopic (exact) mass is 468 g/mol. The van der Waals surface area contributed by atoms with Crippen LogP contribution in [-0.4, -0.2) is 17.5 Å². The number of amides is 1. The van der Waals surface area contributed by atoms with E-state index in [0.717, 1.165) is 0 Å². The van der Waals surface area contributed by atoms with E-state index in [1.165, 1.54) is 6.07 Å². The van der Waals surface area contributed by atoms with Gasteiger partial charge in [0.05, 0.1) is 27.5 Å². The van der Waals surface area contributed by atoms with Crippen molar-refractivity contribution in [1.29, 1.82) is 0 Å². The van der Waals surface area contributed by atoms with E-state index in [9.17, 15) is 14.4 Å². The zero-order valence-corrected chi connectivity index (χ0v) is 18.4. The highest BCUT2D eigenvalue weighted by atomic mass is 35.5. The van der Waals surface area contributed by atoms with E-state index >= 15 is 0 Å². The van der Waals surface area contributed by atoms with Crippen LogP contribution < -0.4 is 15.8 Å². The number of hydrogen-bond acceptors (Lipinski definition) is 5. The number of halogens is 1.